The number of rotatable bonds is 8. The first-order valence-corrected chi connectivity index (χ1v) is 11.2. The minimum Gasteiger partial charge on any atom is -0.466 e. The lowest BCUT2D eigenvalue weighted by Gasteiger charge is -2.48. The number of alkyl halides is 3. The smallest absolute Gasteiger partial charge is 0.309 e. The molecule has 0 aromatic heterocycles. The van der Waals surface area contributed by atoms with E-state index in [1.54, 1.807) is 6.92 Å². The zero-order chi connectivity index (χ0) is 18.6. The van der Waals surface area contributed by atoms with Crippen LogP contribution in [-0.2, 0) is 19.1 Å². The second kappa shape index (κ2) is 9.65. The number of hydrogen-bond acceptors (Lipinski definition) is 4. The number of Topliss-reactive ketones (excluding diaryl/α,β-unsaturated/α-hetero) is 1. The zero-order valence-corrected chi connectivity index (χ0v) is 19.2. The maximum absolute atomic E-state index is 12.8. The summed E-state index contributed by atoms with van der Waals surface area (Å²) in [5, 5.41) is 0. The zero-order valence-electron chi connectivity index (χ0n) is 14.4. The van der Waals surface area contributed by atoms with Crippen LogP contribution in [0.15, 0.2) is 0 Å². The van der Waals surface area contributed by atoms with Gasteiger partial charge in [-0.25, -0.2) is 0 Å². The Bertz CT molecular complexity index is 477. The van der Waals surface area contributed by atoms with E-state index < -0.39 is 5.92 Å². The van der Waals surface area contributed by atoms with Crippen LogP contribution < -0.4 is 0 Å². The molecule has 0 aromatic carbocycles. The van der Waals surface area contributed by atoms with Gasteiger partial charge in [0, 0.05) is 12.3 Å². The Balaban J connectivity index is 1.99. The van der Waals surface area contributed by atoms with Crippen LogP contribution in [-0.4, -0.2) is 26.6 Å². The van der Waals surface area contributed by atoms with Gasteiger partial charge in [0.1, 0.15) is 2.14 Å². The molecule has 7 heteroatoms. The average Bonchev–Trinajstić information content (AvgIpc) is 2.58. The summed E-state index contributed by atoms with van der Waals surface area (Å²) in [5.74, 6) is -0.354. The van der Waals surface area contributed by atoms with E-state index >= 15 is 0 Å². The van der Waals surface area contributed by atoms with Gasteiger partial charge in [0.05, 0.1) is 18.6 Å². The Hall–Kier alpha value is 0.540. The Morgan fingerprint density at radius 1 is 1.36 bits per heavy atom. The Labute approximate surface area is 175 Å². The van der Waals surface area contributed by atoms with E-state index in [9.17, 15) is 9.59 Å². The van der Waals surface area contributed by atoms with Crippen molar-refractivity contribution in [1.82, 2.24) is 0 Å². The molecule has 0 amide bonds. The highest BCUT2D eigenvalue weighted by molar-refractivity contribution is 9.39. The maximum atomic E-state index is 12.8. The lowest BCUT2D eigenvalue weighted by Crippen LogP contribution is -2.49. The molecule has 1 aliphatic carbocycles. The fourth-order valence-electron chi connectivity index (χ4n) is 3.70. The van der Waals surface area contributed by atoms with Crippen LogP contribution in [0.3, 0.4) is 0 Å². The van der Waals surface area contributed by atoms with Crippen molar-refractivity contribution in [3.8, 4) is 0 Å². The monoisotopic (exact) mass is 542 g/mol. The quantitative estimate of drug-likeness (QED) is 0.307. The van der Waals surface area contributed by atoms with Gasteiger partial charge in [-0.3, -0.25) is 9.59 Å². The minimum atomic E-state index is -0.399. The predicted octanol–water partition coefficient (Wildman–Crippen LogP) is 5.31. The predicted molar refractivity (Wildman–Crippen MR) is 107 cm³/mol. The summed E-state index contributed by atoms with van der Waals surface area (Å²) in [6.07, 6.45) is 5.71. The van der Waals surface area contributed by atoms with E-state index in [2.05, 4.69) is 54.7 Å². The fraction of sp³-hybridized carbons (Fsp3) is 0.778. The van der Waals surface area contributed by atoms with Gasteiger partial charge in [-0.2, -0.15) is 0 Å². The number of carbonyl (C=O) groups is 2. The summed E-state index contributed by atoms with van der Waals surface area (Å²) in [6, 6.07) is 0. The highest BCUT2D eigenvalue weighted by Gasteiger charge is 2.51. The molecule has 3 fully saturated rings. The molecule has 1 saturated carbocycles. The molecule has 0 N–H and O–H groups in total. The summed E-state index contributed by atoms with van der Waals surface area (Å²) >= 11 is 10.8. The lowest BCUT2D eigenvalue weighted by atomic mass is 9.72. The molecule has 0 aromatic rings. The molecule has 2 aliphatic heterocycles. The third-order valence-electron chi connectivity index (χ3n) is 4.99. The number of ether oxygens (including phenoxy) is 2. The molecule has 3 aliphatic rings. The van der Waals surface area contributed by atoms with Crippen LogP contribution in [0.5, 0.6) is 0 Å². The second-order valence-corrected chi connectivity index (χ2v) is 13.7. The van der Waals surface area contributed by atoms with E-state index in [0.717, 1.165) is 32.1 Å². The maximum Gasteiger partial charge on any atom is 0.309 e. The number of esters is 1. The van der Waals surface area contributed by atoms with Gasteiger partial charge in [-0.05, 0) is 38.5 Å². The summed E-state index contributed by atoms with van der Waals surface area (Å²) in [5.41, 5.74) is 0. The van der Waals surface area contributed by atoms with Gasteiger partial charge in [-0.15, -0.1) is 0 Å². The topological polar surface area (TPSA) is 52.6 Å². The van der Waals surface area contributed by atoms with Crippen molar-refractivity contribution in [3.63, 3.8) is 0 Å². The van der Waals surface area contributed by atoms with E-state index in [4.69, 9.17) is 9.47 Å². The molecule has 2 bridgehead atoms. The molecule has 2 saturated heterocycles. The van der Waals surface area contributed by atoms with Crippen molar-refractivity contribution in [2.24, 2.45) is 17.8 Å². The van der Waals surface area contributed by atoms with Crippen LogP contribution in [0.2, 0.25) is 0 Å². The number of ketones is 1. The van der Waals surface area contributed by atoms with Gasteiger partial charge >= 0.3 is 5.97 Å². The number of fused-ring (bicyclic) bond motifs is 3. The molecule has 25 heavy (non-hydrogen) atoms. The van der Waals surface area contributed by atoms with E-state index in [1.165, 1.54) is 0 Å². The highest BCUT2D eigenvalue weighted by Crippen LogP contribution is 2.55. The highest BCUT2D eigenvalue weighted by atomic mass is 80.0. The van der Waals surface area contributed by atoms with E-state index in [0.29, 0.717) is 19.1 Å². The molecular weight excluding hydrogens is 520 g/mol. The normalized spacial score (nSPS) is 28.0. The van der Waals surface area contributed by atoms with Crippen molar-refractivity contribution in [2.45, 2.75) is 60.1 Å². The Morgan fingerprint density at radius 3 is 2.60 bits per heavy atom. The van der Waals surface area contributed by atoms with Crippen molar-refractivity contribution >= 4 is 59.5 Å². The summed E-state index contributed by atoms with van der Waals surface area (Å²) in [6.45, 7) is 5.93. The standard InChI is InChI=1S/C18H25Br3O4/c1-3-5-6-12(17(23)24-4-2)10-14(22)16-11-7-8-15(25-16)13(9-11)18(19,20)21/h11-13,15H,1,3-10H2,2H3. The first kappa shape index (κ1) is 21.8. The van der Waals surface area contributed by atoms with Crippen LogP contribution >= 0.6 is 47.8 Å². The lowest BCUT2D eigenvalue weighted by molar-refractivity contribution is -0.153. The Kier molecular flexibility index (Phi) is 8.43. The third-order valence-corrected chi connectivity index (χ3v) is 6.75. The van der Waals surface area contributed by atoms with Gasteiger partial charge < -0.3 is 9.47 Å². The molecule has 4 unspecified atom stereocenters. The SMILES string of the molecule is [CH2]CCCC(CC(=O)[C]1OC2CCC1CC2C(Br)(Br)Br)C(=O)OCC. The second-order valence-electron chi connectivity index (χ2n) is 6.75. The number of unbranched alkanes of at least 4 members (excludes halogenated alkanes) is 1. The van der Waals surface area contributed by atoms with Gasteiger partial charge in [0.2, 0.25) is 0 Å². The molecule has 0 spiro atoms. The van der Waals surface area contributed by atoms with E-state index in [-0.39, 0.29) is 38.3 Å². The number of carbonyl (C=O) groups excluding carboxylic acids is 2. The molecule has 2 radical (unpaired) electrons. The fourth-order valence-corrected chi connectivity index (χ4v) is 5.14. The molecule has 142 valence electrons. The van der Waals surface area contributed by atoms with E-state index in [1.807, 2.05) is 0 Å². The van der Waals surface area contributed by atoms with Gasteiger partial charge in [0.25, 0.3) is 0 Å². The van der Waals surface area contributed by atoms with Crippen molar-refractivity contribution in [1.29, 1.82) is 0 Å². The minimum absolute atomic E-state index is 0.00274. The van der Waals surface area contributed by atoms with Crippen molar-refractivity contribution in [2.75, 3.05) is 6.61 Å². The number of hydrogen-bond donors (Lipinski definition) is 0. The van der Waals surface area contributed by atoms with Crippen molar-refractivity contribution in [3.05, 3.63) is 13.0 Å². The average molecular weight is 545 g/mol. The third kappa shape index (κ3) is 5.76. The van der Waals surface area contributed by atoms with Crippen LogP contribution in [0.4, 0.5) is 0 Å². The summed E-state index contributed by atoms with van der Waals surface area (Å²) in [7, 11) is 0. The Morgan fingerprint density at radius 2 is 2.08 bits per heavy atom. The van der Waals surface area contributed by atoms with Crippen LogP contribution in [0, 0.1) is 30.8 Å². The largest absolute Gasteiger partial charge is 0.466 e. The van der Waals surface area contributed by atoms with Crippen molar-refractivity contribution < 1.29 is 19.1 Å². The molecule has 2 heterocycles. The number of halogens is 3. The summed E-state index contributed by atoms with van der Waals surface area (Å²) in [4.78, 5) is 25.0. The molecular formula is C18H25Br3O4. The van der Waals surface area contributed by atoms with Crippen LogP contribution in [0.1, 0.15) is 51.9 Å². The molecule has 4 nitrogen and oxygen atoms in total. The molecule has 4 atom stereocenters. The van der Waals surface area contributed by atoms with Crippen LogP contribution in [0.25, 0.3) is 0 Å². The first-order valence-electron chi connectivity index (χ1n) is 8.87. The van der Waals surface area contributed by atoms with Gasteiger partial charge in [-0.1, -0.05) is 67.6 Å². The summed E-state index contributed by atoms with van der Waals surface area (Å²) < 4.78 is 10.8. The van der Waals surface area contributed by atoms with Gasteiger partial charge in [0.15, 0.2) is 11.9 Å². The first-order chi connectivity index (χ1) is 11.8. The molecule has 3 rings (SSSR count).